The standard InChI is InChI=1S/C10H15Cl/c1-8(2)7-9(3)5-6-10(4)11/h5-6,8H,3-4,7H2,1-2H3/b6-5-. The number of hydrogen-bond acceptors (Lipinski definition) is 0. The predicted octanol–water partition coefficient (Wildman–Crippen LogP) is 3.90. The third-order valence-corrected chi connectivity index (χ3v) is 1.30. The molecule has 0 radical (unpaired) electrons. The van der Waals surface area contributed by atoms with Gasteiger partial charge < -0.3 is 0 Å². The Hall–Kier alpha value is -0.490. The fourth-order valence-corrected chi connectivity index (χ4v) is 0.864. The fourth-order valence-electron chi connectivity index (χ4n) is 0.801. The first-order valence-corrected chi connectivity index (χ1v) is 4.10. The van der Waals surface area contributed by atoms with Crippen molar-refractivity contribution in [3.8, 4) is 0 Å². The van der Waals surface area contributed by atoms with Gasteiger partial charge in [-0.2, -0.15) is 0 Å². The van der Waals surface area contributed by atoms with Crippen molar-refractivity contribution < 1.29 is 0 Å². The molecule has 0 saturated heterocycles. The monoisotopic (exact) mass is 170 g/mol. The van der Waals surface area contributed by atoms with Crippen LogP contribution in [0.25, 0.3) is 0 Å². The summed E-state index contributed by atoms with van der Waals surface area (Å²) in [7, 11) is 0. The van der Waals surface area contributed by atoms with Crippen molar-refractivity contribution in [1.29, 1.82) is 0 Å². The Morgan fingerprint density at radius 2 is 1.91 bits per heavy atom. The van der Waals surface area contributed by atoms with Crippen LogP contribution >= 0.6 is 11.6 Å². The summed E-state index contributed by atoms with van der Waals surface area (Å²) in [6.07, 6.45) is 4.70. The quantitative estimate of drug-likeness (QED) is 0.562. The second-order valence-electron chi connectivity index (χ2n) is 3.04. The zero-order valence-corrected chi connectivity index (χ0v) is 7.99. The lowest BCUT2D eigenvalue weighted by atomic mass is 10.0. The Kier molecular flexibility index (Phi) is 4.97. The zero-order valence-electron chi connectivity index (χ0n) is 7.23. The van der Waals surface area contributed by atoms with E-state index < -0.39 is 0 Å². The minimum Gasteiger partial charge on any atom is -0.0958 e. The summed E-state index contributed by atoms with van der Waals surface area (Å²) in [5.74, 6) is 0.649. The van der Waals surface area contributed by atoms with Crippen molar-refractivity contribution in [2.75, 3.05) is 0 Å². The summed E-state index contributed by atoms with van der Waals surface area (Å²) in [6.45, 7) is 11.7. The van der Waals surface area contributed by atoms with Gasteiger partial charge in [-0.15, -0.1) is 0 Å². The Morgan fingerprint density at radius 3 is 2.27 bits per heavy atom. The molecule has 0 aromatic rings. The van der Waals surface area contributed by atoms with Crippen molar-refractivity contribution in [3.05, 3.63) is 35.9 Å². The molecule has 0 heterocycles. The summed E-state index contributed by atoms with van der Waals surface area (Å²) in [4.78, 5) is 0. The van der Waals surface area contributed by atoms with E-state index in [1.807, 2.05) is 6.08 Å². The molecule has 0 nitrogen and oxygen atoms in total. The third kappa shape index (κ3) is 7.41. The van der Waals surface area contributed by atoms with Gasteiger partial charge in [-0.1, -0.05) is 50.3 Å². The smallest absolute Gasteiger partial charge is 0.0334 e. The van der Waals surface area contributed by atoms with Gasteiger partial charge in [0.1, 0.15) is 0 Å². The van der Waals surface area contributed by atoms with Crippen molar-refractivity contribution >= 4 is 11.6 Å². The topological polar surface area (TPSA) is 0 Å². The molecule has 0 N–H and O–H groups in total. The van der Waals surface area contributed by atoms with Gasteiger partial charge in [0.25, 0.3) is 0 Å². The molecule has 0 aliphatic carbocycles. The number of halogens is 1. The van der Waals surface area contributed by atoms with Crippen molar-refractivity contribution in [2.24, 2.45) is 5.92 Å². The van der Waals surface area contributed by atoms with Crippen LogP contribution in [0.4, 0.5) is 0 Å². The van der Waals surface area contributed by atoms with Crippen LogP contribution in [-0.4, -0.2) is 0 Å². The van der Waals surface area contributed by atoms with E-state index in [0.29, 0.717) is 11.0 Å². The lowest BCUT2D eigenvalue weighted by Gasteiger charge is -2.02. The Balaban J connectivity index is 3.78. The predicted molar refractivity (Wildman–Crippen MR) is 52.7 cm³/mol. The summed E-state index contributed by atoms with van der Waals surface area (Å²) in [6, 6.07) is 0. The maximum atomic E-state index is 5.54. The first kappa shape index (κ1) is 10.5. The minimum absolute atomic E-state index is 0.551. The van der Waals surface area contributed by atoms with Crippen LogP contribution in [0, 0.1) is 5.92 Å². The van der Waals surface area contributed by atoms with E-state index >= 15 is 0 Å². The maximum Gasteiger partial charge on any atom is 0.0334 e. The van der Waals surface area contributed by atoms with Crippen molar-refractivity contribution in [2.45, 2.75) is 20.3 Å². The van der Waals surface area contributed by atoms with Crippen LogP contribution in [0.5, 0.6) is 0 Å². The molecule has 11 heavy (non-hydrogen) atoms. The molecule has 0 fully saturated rings. The molecule has 0 aliphatic rings. The molecule has 62 valence electrons. The highest BCUT2D eigenvalue weighted by Gasteiger charge is 1.93. The Labute approximate surface area is 74.3 Å². The highest BCUT2D eigenvalue weighted by atomic mass is 35.5. The first-order chi connectivity index (χ1) is 5.02. The second-order valence-corrected chi connectivity index (χ2v) is 3.52. The molecule has 0 bridgehead atoms. The zero-order chi connectivity index (χ0) is 8.85. The van der Waals surface area contributed by atoms with Crippen LogP contribution in [0.3, 0.4) is 0 Å². The summed E-state index contributed by atoms with van der Waals surface area (Å²) < 4.78 is 0. The van der Waals surface area contributed by atoms with Gasteiger partial charge in [-0.3, -0.25) is 0 Å². The summed E-state index contributed by atoms with van der Waals surface area (Å²) in [5.41, 5.74) is 1.10. The van der Waals surface area contributed by atoms with E-state index in [-0.39, 0.29) is 0 Å². The van der Waals surface area contributed by atoms with Crippen molar-refractivity contribution in [1.82, 2.24) is 0 Å². The number of allylic oxidation sites excluding steroid dienone is 4. The number of hydrogen-bond donors (Lipinski definition) is 0. The number of rotatable bonds is 4. The van der Waals surface area contributed by atoms with Crippen LogP contribution in [0.1, 0.15) is 20.3 Å². The highest BCUT2D eigenvalue weighted by Crippen LogP contribution is 2.11. The molecule has 0 aliphatic heterocycles. The highest BCUT2D eigenvalue weighted by molar-refractivity contribution is 6.30. The average molecular weight is 171 g/mol. The molecule has 0 aromatic carbocycles. The van der Waals surface area contributed by atoms with Crippen LogP contribution < -0.4 is 0 Å². The van der Waals surface area contributed by atoms with Gasteiger partial charge in [-0.25, -0.2) is 0 Å². The molecule has 0 saturated carbocycles. The molecule has 0 rings (SSSR count). The lowest BCUT2D eigenvalue weighted by molar-refractivity contribution is 0.651. The van der Waals surface area contributed by atoms with Gasteiger partial charge in [0.05, 0.1) is 0 Å². The van der Waals surface area contributed by atoms with E-state index in [9.17, 15) is 0 Å². The van der Waals surface area contributed by atoms with Gasteiger partial charge in [-0.05, 0) is 18.4 Å². The van der Waals surface area contributed by atoms with Gasteiger partial charge in [0, 0.05) is 5.03 Å². The van der Waals surface area contributed by atoms with Crippen molar-refractivity contribution in [3.63, 3.8) is 0 Å². The van der Waals surface area contributed by atoms with E-state index in [1.165, 1.54) is 0 Å². The molecule has 0 aromatic heterocycles. The lowest BCUT2D eigenvalue weighted by Crippen LogP contribution is -1.86. The SMILES string of the molecule is C=C(Cl)/C=C\C(=C)CC(C)C. The van der Waals surface area contributed by atoms with Crippen LogP contribution in [0.15, 0.2) is 35.9 Å². The maximum absolute atomic E-state index is 5.54. The van der Waals surface area contributed by atoms with E-state index in [0.717, 1.165) is 12.0 Å². The molecular weight excluding hydrogens is 156 g/mol. The van der Waals surface area contributed by atoms with E-state index in [4.69, 9.17) is 11.6 Å². The third-order valence-electron chi connectivity index (χ3n) is 1.17. The minimum atomic E-state index is 0.551. The van der Waals surface area contributed by atoms with Gasteiger partial charge in [0.15, 0.2) is 0 Å². The molecular formula is C10H15Cl. The van der Waals surface area contributed by atoms with Crippen LogP contribution in [-0.2, 0) is 0 Å². The van der Waals surface area contributed by atoms with E-state index in [2.05, 4.69) is 27.0 Å². The fraction of sp³-hybridized carbons (Fsp3) is 0.400. The Bertz CT molecular complexity index is 175. The average Bonchev–Trinajstić information content (AvgIpc) is 1.82. The van der Waals surface area contributed by atoms with Gasteiger partial charge in [0.2, 0.25) is 0 Å². The first-order valence-electron chi connectivity index (χ1n) is 3.72. The molecule has 0 atom stereocenters. The summed E-state index contributed by atoms with van der Waals surface area (Å²) >= 11 is 5.54. The summed E-state index contributed by atoms with van der Waals surface area (Å²) in [5, 5.41) is 0.551. The normalized spacial score (nSPS) is 10.9. The van der Waals surface area contributed by atoms with Gasteiger partial charge >= 0.3 is 0 Å². The molecule has 1 heteroatoms. The molecule has 0 unspecified atom stereocenters. The molecule has 0 amide bonds. The van der Waals surface area contributed by atoms with E-state index in [1.54, 1.807) is 6.08 Å². The second kappa shape index (κ2) is 5.20. The van der Waals surface area contributed by atoms with Crippen LogP contribution in [0.2, 0.25) is 0 Å². The molecule has 0 spiro atoms. The Morgan fingerprint density at radius 1 is 1.36 bits per heavy atom. The largest absolute Gasteiger partial charge is 0.0958 e.